The van der Waals surface area contributed by atoms with E-state index in [9.17, 15) is 9.59 Å². The molecule has 9 heteroatoms. The summed E-state index contributed by atoms with van der Waals surface area (Å²) in [6, 6.07) is 13.0. The number of fused-ring (bicyclic) bond motifs is 2. The average Bonchev–Trinajstić information content (AvgIpc) is 3.44. The first-order valence-corrected chi connectivity index (χ1v) is 10.3. The molecule has 1 aromatic heterocycles. The first kappa shape index (κ1) is 19.4. The summed E-state index contributed by atoms with van der Waals surface area (Å²) in [5.74, 6) is 1.22. The van der Waals surface area contributed by atoms with Crippen molar-refractivity contribution in [3.8, 4) is 11.5 Å². The van der Waals surface area contributed by atoms with Gasteiger partial charge in [0.15, 0.2) is 17.2 Å². The Bertz CT molecular complexity index is 1120. The Balaban J connectivity index is 1.10. The number of piperazine rings is 1. The number of nitrogens with one attached hydrogen (secondary N) is 2. The molecule has 3 heterocycles. The van der Waals surface area contributed by atoms with Gasteiger partial charge in [-0.05, 0) is 18.2 Å². The molecule has 0 unspecified atom stereocenters. The number of nitrogens with zero attached hydrogens (tertiary/aromatic N) is 3. The maximum Gasteiger partial charge on any atom is 0.275 e. The minimum absolute atomic E-state index is 0.0552. The number of carbonyl (C=O) groups is 2. The molecule has 3 aromatic rings. The van der Waals surface area contributed by atoms with E-state index in [1.165, 1.54) is 0 Å². The van der Waals surface area contributed by atoms with Gasteiger partial charge < -0.3 is 19.7 Å². The fourth-order valence-electron chi connectivity index (χ4n) is 3.91. The molecule has 0 spiro atoms. The number of ether oxygens (including phenoxy) is 2. The van der Waals surface area contributed by atoms with Crippen molar-refractivity contribution in [2.24, 2.45) is 0 Å². The predicted octanol–water partition coefficient (Wildman–Crippen LogP) is 2.08. The summed E-state index contributed by atoms with van der Waals surface area (Å²) in [6.07, 6.45) is 0.381. The van der Waals surface area contributed by atoms with Crippen molar-refractivity contribution in [3.63, 3.8) is 0 Å². The van der Waals surface area contributed by atoms with Crippen molar-refractivity contribution in [1.82, 2.24) is 20.0 Å². The lowest BCUT2D eigenvalue weighted by molar-refractivity contribution is -0.116. The highest BCUT2D eigenvalue weighted by atomic mass is 16.7. The van der Waals surface area contributed by atoms with Gasteiger partial charge in [-0.25, -0.2) is 0 Å². The molecule has 2 aliphatic rings. The number of rotatable bonds is 5. The highest BCUT2D eigenvalue weighted by Crippen LogP contribution is 2.34. The van der Waals surface area contributed by atoms with Crippen molar-refractivity contribution in [2.45, 2.75) is 6.42 Å². The molecule has 2 N–H and O–H groups in total. The first-order valence-electron chi connectivity index (χ1n) is 10.3. The van der Waals surface area contributed by atoms with Gasteiger partial charge in [-0.15, -0.1) is 0 Å². The predicted molar refractivity (Wildman–Crippen MR) is 114 cm³/mol. The van der Waals surface area contributed by atoms with Crippen LogP contribution in [0.15, 0.2) is 42.5 Å². The van der Waals surface area contributed by atoms with Crippen LogP contribution in [-0.4, -0.2) is 71.3 Å². The molecule has 9 nitrogen and oxygen atoms in total. The number of aromatic amines is 1. The fourth-order valence-corrected chi connectivity index (χ4v) is 3.91. The van der Waals surface area contributed by atoms with E-state index in [1.807, 2.05) is 29.2 Å². The van der Waals surface area contributed by atoms with Gasteiger partial charge in [0.05, 0.1) is 5.52 Å². The number of aromatic nitrogens is 2. The van der Waals surface area contributed by atoms with Gasteiger partial charge in [-0.3, -0.25) is 19.6 Å². The molecule has 2 amide bonds. The molecule has 0 radical (unpaired) electrons. The largest absolute Gasteiger partial charge is 0.454 e. The third-order valence-corrected chi connectivity index (χ3v) is 5.64. The summed E-state index contributed by atoms with van der Waals surface area (Å²) < 4.78 is 10.6. The van der Waals surface area contributed by atoms with Gasteiger partial charge in [-0.2, -0.15) is 5.10 Å². The summed E-state index contributed by atoms with van der Waals surface area (Å²) in [5, 5.41) is 10.9. The van der Waals surface area contributed by atoms with Crippen LogP contribution in [0.5, 0.6) is 11.5 Å². The summed E-state index contributed by atoms with van der Waals surface area (Å²) >= 11 is 0. The molecule has 31 heavy (non-hydrogen) atoms. The third-order valence-electron chi connectivity index (χ3n) is 5.64. The fraction of sp³-hybridized carbons (Fsp3) is 0.318. The van der Waals surface area contributed by atoms with Crippen molar-refractivity contribution in [1.29, 1.82) is 0 Å². The zero-order valence-electron chi connectivity index (χ0n) is 17.0. The number of hydrogen-bond acceptors (Lipinski definition) is 6. The van der Waals surface area contributed by atoms with Gasteiger partial charge in [0, 0.05) is 56.3 Å². The lowest BCUT2D eigenvalue weighted by Crippen LogP contribution is -2.49. The second kappa shape index (κ2) is 8.27. The molecule has 2 aliphatic heterocycles. The van der Waals surface area contributed by atoms with Crippen LogP contribution in [-0.2, 0) is 4.79 Å². The number of hydrogen-bond donors (Lipinski definition) is 2. The highest BCUT2D eigenvalue weighted by molar-refractivity contribution is 6.04. The van der Waals surface area contributed by atoms with Crippen molar-refractivity contribution < 1.29 is 19.1 Å². The molecule has 1 saturated heterocycles. The van der Waals surface area contributed by atoms with E-state index in [-0.39, 0.29) is 18.6 Å². The molecule has 0 atom stereocenters. The molecule has 0 saturated carbocycles. The minimum Gasteiger partial charge on any atom is -0.454 e. The quantitative estimate of drug-likeness (QED) is 0.654. The van der Waals surface area contributed by atoms with Crippen molar-refractivity contribution in [2.75, 3.05) is 44.8 Å². The molecular weight excluding hydrogens is 398 g/mol. The Morgan fingerprint density at radius 2 is 1.84 bits per heavy atom. The van der Waals surface area contributed by atoms with E-state index in [4.69, 9.17) is 9.47 Å². The normalized spacial score (nSPS) is 15.9. The Morgan fingerprint density at radius 1 is 1.03 bits per heavy atom. The standard InChI is InChI=1S/C22H23N5O4/c28-20(23-15-5-6-18-19(13-15)31-14-30-18)7-8-26-9-11-27(12-10-26)22(29)21-16-3-1-2-4-17(16)24-25-21/h1-6,13H,7-12,14H2,(H,23,28)(H,24,25). The summed E-state index contributed by atoms with van der Waals surface area (Å²) in [6.45, 7) is 3.53. The van der Waals surface area contributed by atoms with Crippen LogP contribution in [0.4, 0.5) is 5.69 Å². The zero-order valence-corrected chi connectivity index (χ0v) is 17.0. The Labute approximate surface area is 178 Å². The summed E-state index contributed by atoms with van der Waals surface area (Å²) in [7, 11) is 0. The van der Waals surface area contributed by atoms with Gasteiger partial charge in [0.25, 0.3) is 5.91 Å². The number of anilines is 1. The lowest BCUT2D eigenvalue weighted by atomic mass is 10.2. The van der Waals surface area contributed by atoms with E-state index in [2.05, 4.69) is 20.4 Å². The second-order valence-electron chi connectivity index (χ2n) is 7.62. The van der Waals surface area contributed by atoms with Gasteiger partial charge in [0.2, 0.25) is 12.7 Å². The van der Waals surface area contributed by atoms with Crippen LogP contribution in [0.25, 0.3) is 10.9 Å². The van der Waals surface area contributed by atoms with Crippen LogP contribution in [0.3, 0.4) is 0 Å². The number of benzene rings is 2. The summed E-state index contributed by atoms with van der Waals surface area (Å²) in [4.78, 5) is 29.2. The van der Waals surface area contributed by atoms with Crippen LogP contribution in [0.2, 0.25) is 0 Å². The smallest absolute Gasteiger partial charge is 0.275 e. The topological polar surface area (TPSA) is 99.8 Å². The van der Waals surface area contributed by atoms with Crippen molar-refractivity contribution in [3.05, 3.63) is 48.2 Å². The zero-order chi connectivity index (χ0) is 21.2. The summed E-state index contributed by atoms with van der Waals surface area (Å²) in [5.41, 5.74) is 2.01. The third kappa shape index (κ3) is 4.04. The average molecular weight is 421 g/mol. The lowest BCUT2D eigenvalue weighted by Gasteiger charge is -2.34. The number of carbonyl (C=O) groups excluding carboxylic acids is 2. The van der Waals surface area contributed by atoms with E-state index < -0.39 is 0 Å². The first-order chi connectivity index (χ1) is 15.2. The number of para-hydroxylation sites is 1. The molecule has 5 rings (SSSR count). The number of H-pyrrole nitrogens is 1. The maximum atomic E-state index is 12.9. The Kier molecular flexibility index (Phi) is 5.17. The van der Waals surface area contributed by atoms with Crippen LogP contribution >= 0.6 is 0 Å². The molecule has 160 valence electrons. The monoisotopic (exact) mass is 421 g/mol. The highest BCUT2D eigenvalue weighted by Gasteiger charge is 2.25. The molecule has 1 fully saturated rings. The van der Waals surface area contributed by atoms with E-state index in [0.29, 0.717) is 48.9 Å². The Hall–Kier alpha value is -3.59. The maximum absolute atomic E-state index is 12.9. The molecule has 0 bridgehead atoms. The van der Waals surface area contributed by atoms with Gasteiger partial charge in [-0.1, -0.05) is 18.2 Å². The van der Waals surface area contributed by atoms with E-state index in [1.54, 1.807) is 18.2 Å². The van der Waals surface area contributed by atoms with E-state index in [0.717, 1.165) is 24.0 Å². The van der Waals surface area contributed by atoms with E-state index >= 15 is 0 Å². The van der Waals surface area contributed by atoms with Gasteiger partial charge >= 0.3 is 0 Å². The molecule has 2 aromatic carbocycles. The minimum atomic E-state index is -0.0577. The van der Waals surface area contributed by atoms with Crippen LogP contribution < -0.4 is 14.8 Å². The van der Waals surface area contributed by atoms with Crippen LogP contribution in [0, 0.1) is 0 Å². The SMILES string of the molecule is O=C(CCN1CCN(C(=O)c2n[nH]c3ccccc23)CC1)Nc1ccc2c(c1)OCO2. The number of amides is 2. The van der Waals surface area contributed by atoms with Gasteiger partial charge in [0.1, 0.15) is 0 Å². The van der Waals surface area contributed by atoms with Crippen LogP contribution in [0.1, 0.15) is 16.9 Å². The molecule has 0 aliphatic carbocycles. The van der Waals surface area contributed by atoms with Crippen molar-refractivity contribution >= 4 is 28.4 Å². The molecular formula is C22H23N5O4. The Morgan fingerprint density at radius 3 is 2.71 bits per heavy atom. The second-order valence-corrected chi connectivity index (χ2v) is 7.62.